The Bertz CT molecular complexity index is 651. The van der Waals surface area contributed by atoms with Crippen molar-refractivity contribution in [3.63, 3.8) is 0 Å². The number of ether oxygens (including phenoxy) is 2. The number of hydrogen-bond acceptors (Lipinski definition) is 12. The Morgan fingerprint density at radius 2 is 1.43 bits per heavy atom. The van der Waals surface area contributed by atoms with Gasteiger partial charge in [-0.15, -0.1) is 0 Å². The van der Waals surface area contributed by atoms with E-state index in [0.717, 1.165) is 25.7 Å². The molecule has 1 heterocycles. The molecule has 13 heteroatoms. The van der Waals surface area contributed by atoms with Crippen molar-refractivity contribution in [3.8, 4) is 0 Å². The SMILES string of the molecule is CCCCCCCCCCCC(=O)NC(=O)[C@H](O)[C@@H](O)[C@H](O[C@@H]1O[C@H](CO)[C@H](O)[C@H](O)[C@H]1O)[C@H](O)CO. The fourth-order valence-corrected chi connectivity index (χ4v) is 4.04. The van der Waals surface area contributed by atoms with Crippen molar-refractivity contribution in [1.82, 2.24) is 5.32 Å². The summed E-state index contributed by atoms with van der Waals surface area (Å²) in [6.07, 6.45) is -7.52. The minimum Gasteiger partial charge on any atom is -0.394 e. The van der Waals surface area contributed by atoms with Gasteiger partial charge in [-0.25, -0.2) is 0 Å². The van der Waals surface area contributed by atoms with E-state index in [1.54, 1.807) is 0 Å². The van der Waals surface area contributed by atoms with Gasteiger partial charge in [-0.1, -0.05) is 58.3 Å². The Kier molecular flexibility index (Phi) is 16.5. The maximum Gasteiger partial charge on any atom is 0.258 e. The molecule has 37 heavy (non-hydrogen) atoms. The molecule has 13 nitrogen and oxygen atoms in total. The number of imide groups is 1. The number of aliphatic hydroxyl groups is 8. The van der Waals surface area contributed by atoms with E-state index in [9.17, 15) is 50.4 Å². The highest BCUT2D eigenvalue weighted by atomic mass is 16.7. The maximum absolute atomic E-state index is 12.3. The Balaban J connectivity index is 2.57. The predicted octanol–water partition coefficient (Wildman–Crippen LogP) is -2.19. The third kappa shape index (κ3) is 11.2. The molecule has 9 atom stereocenters. The molecule has 1 saturated heterocycles. The summed E-state index contributed by atoms with van der Waals surface area (Å²) in [4.78, 5) is 24.4. The van der Waals surface area contributed by atoms with Gasteiger partial charge in [0, 0.05) is 6.42 Å². The second kappa shape index (κ2) is 18.1. The van der Waals surface area contributed by atoms with E-state index in [4.69, 9.17) is 9.47 Å². The van der Waals surface area contributed by atoms with Crippen molar-refractivity contribution >= 4 is 11.8 Å². The topological polar surface area (TPSA) is 226 Å². The van der Waals surface area contributed by atoms with Crippen LogP contribution in [0.15, 0.2) is 0 Å². The molecule has 0 aromatic heterocycles. The highest BCUT2D eigenvalue weighted by Crippen LogP contribution is 2.25. The summed E-state index contributed by atoms with van der Waals surface area (Å²) in [5.74, 6) is -1.92. The van der Waals surface area contributed by atoms with Gasteiger partial charge in [-0.05, 0) is 6.42 Å². The Hall–Kier alpha value is -1.26. The molecule has 1 rings (SSSR count). The van der Waals surface area contributed by atoms with Crippen molar-refractivity contribution in [1.29, 1.82) is 0 Å². The number of amides is 2. The maximum atomic E-state index is 12.3. The molecule has 218 valence electrons. The Morgan fingerprint density at radius 1 is 0.865 bits per heavy atom. The van der Waals surface area contributed by atoms with Crippen molar-refractivity contribution in [2.45, 2.75) is 126 Å². The summed E-state index contributed by atoms with van der Waals surface area (Å²) in [5, 5.41) is 81.1. The largest absolute Gasteiger partial charge is 0.394 e. The average molecular weight is 540 g/mol. The lowest BCUT2D eigenvalue weighted by Gasteiger charge is -2.42. The van der Waals surface area contributed by atoms with Gasteiger partial charge in [0.15, 0.2) is 12.4 Å². The lowest BCUT2D eigenvalue weighted by atomic mass is 9.98. The van der Waals surface area contributed by atoms with E-state index in [-0.39, 0.29) is 6.42 Å². The first-order valence-electron chi connectivity index (χ1n) is 13.0. The first-order valence-corrected chi connectivity index (χ1v) is 13.0. The fraction of sp³-hybridized carbons (Fsp3) is 0.917. The number of nitrogens with one attached hydrogen (secondary N) is 1. The lowest BCUT2D eigenvalue weighted by molar-refractivity contribution is -0.326. The summed E-state index contributed by atoms with van der Waals surface area (Å²) in [7, 11) is 0. The zero-order valence-electron chi connectivity index (χ0n) is 21.4. The molecular formula is C24H45NO12. The van der Waals surface area contributed by atoms with Gasteiger partial charge in [0.2, 0.25) is 5.91 Å². The molecule has 1 aliphatic heterocycles. The minimum absolute atomic E-state index is 0.0362. The third-order valence-corrected chi connectivity index (χ3v) is 6.40. The van der Waals surface area contributed by atoms with Crippen molar-refractivity contribution in [2.75, 3.05) is 13.2 Å². The summed E-state index contributed by atoms with van der Waals surface area (Å²) >= 11 is 0. The number of carbonyl (C=O) groups is 2. The first-order chi connectivity index (χ1) is 17.6. The number of hydrogen-bond donors (Lipinski definition) is 9. The molecule has 0 radical (unpaired) electrons. The van der Waals surface area contributed by atoms with E-state index in [0.29, 0.717) is 6.42 Å². The Labute approximate surface area is 217 Å². The molecule has 0 unspecified atom stereocenters. The van der Waals surface area contributed by atoms with E-state index in [1.807, 2.05) is 5.32 Å². The van der Waals surface area contributed by atoms with Crippen LogP contribution < -0.4 is 5.32 Å². The van der Waals surface area contributed by atoms with Crippen LogP contribution in [-0.2, 0) is 19.1 Å². The smallest absolute Gasteiger partial charge is 0.258 e. The summed E-state index contributed by atoms with van der Waals surface area (Å²) in [5.41, 5.74) is 0. The number of aliphatic hydroxyl groups excluding tert-OH is 8. The monoisotopic (exact) mass is 539 g/mol. The average Bonchev–Trinajstić information content (AvgIpc) is 2.89. The number of carbonyl (C=O) groups excluding carboxylic acids is 2. The van der Waals surface area contributed by atoms with Crippen LogP contribution in [0.4, 0.5) is 0 Å². The minimum atomic E-state index is -2.27. The van der Waals surface area contributed by atoms with Gasteiger partial charge in [0.1, 0.15) is 42.7 Å². The van der Waals surface area contributed by atoms with E-state index in [2.05, 4.69) is 6.92 Å². The van der Waals surface area contributed by atoms with E-state index < -0.39 is 80.1 Å². The van der Waals surface area contributed by atoms with Crippen LogP contribution in [0.2, 0.25) is 0 Å². The van der Waals surface area contributed by atoms with Gasteiger partial charge in [0.05, 0.1) is 13.2 Å². The normalized spacial score (nSPS) is 27.3. The van der Waals surface area contributed by atoms with E-state index >= 15 is 0 Å². The molecule has 0 aromatic rings. The first kappa shape index (κ1) is 33.8. The lowest BCUT2D eigenvalue weighted by Crippen LogP contribution is -2.62. The van der Waals surface area contributed by atoms with Gasteiger partial charge in [-0.3, -0.25) is 14.9 Å². The summed E-state index contributed by atoms with van der Waals surface area (Å²) in [6, 6.07) is 0. The standard InChI is InChI=1S/C24H45NO12/c1-2-3-4-5-6-7-8-9-10-11-16(29)25-23(35)20(33)19(32)22(14(28)12-26)37-24-21(34)18(31)17(30)15(13-27)36-24/h14-15,17-22,24,26-28,30-34H,2-13H2,1H3,(H,25,29,35)/t14-,15-,17+,18+,19-,20-,21-,22-,24+/m1/s1. The summed E-state index contributed by atoms with van der Waals surface area (Å²) < 4.78 is 10.4. The van der Waals surface area contributed by atoms with Crippen molar-refractivity contribution < 1.29 is 59.9 Å². The van der Waals surface area contributed by atoms with E-state index in [1.165, 1.54) is 25.7 Å². The second-order valence-corrected chi connectivity index (χ2v) is 9.47. The van der Waals surface area contributed by atoms with Crippen LogP contribution >= 0.6 is 0 Å². The van der Waals surface area contributed by atoms with Gasteiger partial charge >= 0.3 is 0 Å². The molecule has 1 aliphatic rings. The summed E-state index contributed by atoms with van der Waals surface area (Å²) in [6.45, 7) is 0.391. The molecule has 1 fully saturated rings. The highest BCUT2D eigenvalue weighted by Gasteiger charge is 2.47. The van der Waals surface area contributed by atoms with Crippen LogP contribution in [-0.4, -0.2) is 121 Å². The molecule has 2 amide bonds. The Morgan fingerprint density at radius 3 is 1.97 bits per heavy atom. The molecule has 0 saturated carbocycles. The van der Waals surface area contributed by atoms with Crippen molar-refractivity contribution in [2.24, 2.45) is 0 Å². The van der Waals surface area contributed by atoms with Crippen molar-refractivity contribution in [3.05, 3.63) is 0 Å². The molecule has 9 N–H and O–H groups in total. The molecule has 0 aromatic carbocycles. The molecule has 0 aliphatic carbocycles. The van der Waals surface area contributed by atoms with Crippen LogP contribution in [0, 0.1) is 0 Å². The van der Waals surface area contributed by atoms with Gasteiger partial charge in [-0.2, -0.15) is 0 Å². The molecule has 0 spiro atoms. The third-order valence-electron chi connectivity index (χ3n) is 6.40. The second-order valence-electron chi connectivity index (χ2n) is 9.47. The highest BCUT2D eigenvalue weighted by molar-refractivity contribution is 5.97. The van der Waals surface area contributed by atoms with Crippen LogP contribution in [0.5, 0.6) is 0 Å². The van der Waals surface area contributed by atoms with Gasteiger partial charge in [0.25, 0.3) is 5.91 Å². The number of unbranched alkanes of at least 4 members (excludes halogenated alkanes) is 8. The molecule has 0 bridgehead atoms. The van der Waals surface area contributed by atoms with Crippen LogP contribution in [0.25, 0.3) is 0 Å². The van der Waals surface area contributed by atoms with Crippen LogP contribution in [0.3, 0.4) is 0 Å². The molecular weight excluding hydrogens is 494 g/mol. The fourth-order valence-electron chi connectivity index (χ4n) is 4.04. The predicted molar refractivity (Wildman–Crippen MR) is 129 cm³/mol. The quantitative estimate of drug-likeness (QED) is 0.0847. The zero-order chi connectivity index (χ0) is 28.0. The zero-order valence-corrected chi connectivity index (χ0v) is 21.4. The van der Waals surface area contributed by atoms with Crippen LogP contribution in [0.1, 0.15) is 71.1 Å². The number of rotatable bonds is 18. The van der Waals surface area contributed by atoms with Gasteiger partial charge < -0.3 is 50.3 Å².